The minimum Gasteiger partial charge on any atom is -0.383 e. The van der Waals surface area contributed by atoms with Crippen molar-refractivity contribution in [2.75, 3.05) is 25.6 Å². The summed E-state index contributed by atoms with van der Waals surface area (Å²) in [5, 5.41) is 14.7. The van der Waals surface area contributed by atoms with E-state index in [2.05, 4.69) is 41.6 Å². The Kier molecular flexibility index (Phi) is 5.31. The number of hydrogen-bond acceptors (Lipinski definition) is 5. The lowest BCUT2D eigenvalue weighted by atomic mass is 10.1. The van der Waals surface area contributed by atoms with Crippen molar-refractivity contribution in [2.45, 2.75) is 32.9 Å². The minimum absolute atomic E-state index is 0.0943. The Morgan fingerprint density at radius 2 is 2.00 bits per heavy atom. The summed E-state index contributed by atoms with van der Waals surface area (Å²) in [6.07, 6.45) is 0. The maximum absolute atomic E-state index is 4.94. The molecule has 0 saturated heterocycles. The highest BCUT2D eigenvalue weighted by Gasteiger charge is 2.08. The first kappa shape index (κ1) is 13.9. The largest absolute Gasteiger partial charge is 0.383 e. The molecular weight excluding hydrogens is 216 g/mol. The number of ether oxygens (including phenoxy) is 1. The number of nitrogens with zero attached hydrogens (tertiary/aromatic N) is 2. The third-order valence-electron chi connectivity index (χ3n) is 2.13. The van der Waals surface area contributed by atoms with Gasteiger partial charge in [-0.1, -0.05) is 0 Å². The van der Waals surface area contributed by atoms with Gasteiger partial charge in [0.25, 0.3) is 0 Å². The van der Waals surface area contributed by atoms with E-state index in [1.807, 2.05) is 12.1 Å². The molecule has 0 fully saturated rings. The van der Waals surface area contributed by atoms with E-state index in [-0.39, 0.29) is 5.54 Å². The Hall–Kier alpha value is -1.20. The van der Waals surface area contributed by atoms with Crippen molar-refractivity contribution >= 4 is 5.82 Å². The molecule has 0 bridgehead atoms. The van der Waals surface area contributed by atoms with Gasteiger partial charge < -0.3 is 15.4 Å². The predicted octanol–water partition coefficient (Wildman–Crippen LogP) is 1.42. The van der Waals surface area contributed by atoms with Crippen LogP contribution in [0.25, 0.3) is 0 Å². The van der Waals surface area contributed by atoms with Gasteiger partial charge in [-0.15, -0.1) is 5.10 Å². The summed E-state index contributed by atoms with van der Waals surface area (Å²) >= 11 is 0. The zero-order valence-electron chi connectivity index (χ0n) is 11.1. The molecule has 2 N–H and O–H groups in total. The molecule has 0 aliphatic carbocycles. The Bertz CT molecular complexity index is 318. The number of nitrogens with one attached hydrogen (secondary N) is 2. The second kappa shape index (κ2) is 6.51. The molecule has 0 saturated carbocycles. The lowest BCUT2D eigenvalue weighted by Gasteiger charge is -2.19. The number of anilines is 1. The zero-order valence-corrected chi connectivity index (χ0v) is 11.1. The topological polar surface area (TPSA) is 59.1 Å². The Balaban J connectivity index is 2.39. The molecule has 0 atom stereocenters. The first-order chi connectivity index (χ1) is 8.01. The molecule has 0 unspecified atom stereocenters. The summed E-state index contributed by atoms with van der Waals surface area (Å²) in [7, 11) is 1.68. The molecule has 17 heavy (non-hydrogen) atoms. The predicted molar refractivity (Wildman–Crippen MR) is 69.0 cm³/mol. The van der Waals surface area contributed by atoms with E-state index < -0.39 is 0 Å². The van der Waals surface area contributed by atoms with Crippen molar-refractivity contribution in [1.82, 2.24) is 15.5 Å². The van der Waals surface area contributed by atoms with Crippen LogP contribution in [0.3, 0.4) is 0 Å². The Morgan fingerprint density at radius 3 is 2.53 bits per heavy atom. The third kappa shape index (κ3) is 6.19. The van der Waals surface area contributed by atoms with Gasteiger partial charge in [-0.3, -0.25) is 0 Å². The highest BCUT2D eigenvalue weighted by molar-refractivity contribution is 5.32. The van der Waals surface area contributed by atoms with Gasteiger partial charge in [-0.25, -0.2) is 0 Å². The average Bonchev–Trinajstić information content (AvgIpc) is 2.27. The second-order valence-electron chi connectivity index (χ2n) is 4.93. The molecule has 1 heterocycles. The first-order valence-electron chi connectivity index (χ1n) is 5.82. The molecule has 0 spiro atoms. The van der Waals surface area contributed by atoms with Crippen LogP contribution in [0.5, 0.6) is 0 Å². The van der Waals surface area contributed by atoms with E-state index >= 15 is 0 Å². The Morgan fingerprint density at radius 1 is 1.24 bits per heavy atom. The van der Waals surface area contributed by atoms with Crippen molar-refractivity contribution < 1.29 is 4.74 Å². The maximum atomic E-state index is 4.94. The van der Waals surface area contributed by atoms with Crippen LogP contribution < -0.4 is 10.6 Å². The molecule has 1 aromatic heterocycles. The van der Waals surface area contributed by atoms with E-state index in [9.17, 15) is 0 Å². The first-order valence-corrected chi connectivity index (χ1v) is 5.82. The van der Waals surface area contributed by atoms with E-state index in [4.69, 9.17) is 4.74 Å². The van der Waals surface area contributed by atoms with Crippen molar-refractivity contribution in [1.29, 1.82) is 0 Å². The number of methoxy groups -OCH3 is 1. The summed E-state index contributed by atoms with van der Waals surface area (Å²) in [6, 6.07) is 3.91. The lowest BCUT2D eigenvalue weighted by molar-refractivity contribution is 0.210. The van der Waals surface area contributed by atoms with Crippen LogP contribution in [0.4, 0.5) is 5.82 Å². The molecule has 0 aromatic carbocycles. The molecule has 96 valence electrons. The van der Waals surface area contributed by atoms with Crippen molar-refractivity contribution in [3.63, 3.8) is 0 Å². The van der Waals surface area contributed by atoms with Crippen LogP contribution >= 0.6 is 0 Å². The fourth-order valence-electron chi connectivity index (χ4n) is 1.19. The van der Waals surface area contributed by atoms with E-state index in [1.165, 1.54) is 0 Å². The molecule has 0 amide bonds. The Labute approximate surface area is 103 Å². The number of rotatable bonds is 6. The lowest BCUT2D eigenvalue weighted by Crippen LogP contribution is -2.35. The van der Waals surface area contributed by atoms with Gasteiger partial charge in [-0.05, 0) is 32.9 Å². The minimum atomic E-state index is 0.0943. The van der Waals surface area contributed by atoms with E-state index in [0.717, 1.165) is 24.6 Å². The fourth-order valence-corrected chi connectivity index (χ4v) is 1.19. The molecule has 5 nitrogen and oxygen atoms in total. The molecule has 5 heteroatoms. The summed E-state index contributed by atoms with van der Waals surface area (Å²) in [6.45, 7) is 8.51. The molecule has 1 aromatic rings. The van der Waals surface area contributed by atoms with Crippen LogP contribution in [-0.2, 0) is 11.3 Å². The van der Waals surface area contributed by atoms with Crippen LogP contribution in [-0.4, -0.2) is 36.0 Å². The highest BCUT2D eigenvalue weighted by atomic mass is 16.5. The smallest absolute Gasteiger partial charge is 0.148 e. The highest BCUT2D eigenvalue weighted by Crippen LogP contribution is 2.04. The van der Waals surface area contributed by atoms with E-state index in [0.29, 0.717) is 6.61 Å². The fraction of sp³-hybridized carbons (Fsp3) is 0.667. The SMILES string of the molecule is COCCNc1ccc(CNC(C)(C)C)nn1. The maximum Gasteiger partial charge on any atom is 0.148 e. The summed E-state index contributed by atoms with van der Waals surface area (Å²) in [5.41, 5.74) is 1.04. The van der Waals surface area contributed by atoms with Crippen LogP contribution in [0.15, 0.2) is 12.1 Å². The second-order valence-corrected chi connectivity index (χ2v) is 4.93. The van der Waals surface area contributed by atoms with Gasteiger partial charge >= 0.3 is 0 Å². The van der Waals surface area contributed by atoms with E-state index in [1.54, 1.807) is 7.11 Å². The van der Waals surface area contributed by atoms with Crippen LogP contribution in [0.1, 0.15) is 26.5 Å². The number of hydrogen-bond donors (Lipinski definition) is 2. The van der Waals surface area contributed by atoms with Gasteiger partial charge in [0.15, 0.2) is 0 Å². The molecule has 0 radical (unpaired) electrons. The zero-order chi connectivity index (χ0) is 12.7. The van der Waals surface area contributed by atoms with Crippen LogP contribution in [0, 0.1) is 0 Å². The van der Waals surface area contributed by atoms with Gasteiger partial charge in [0.05, 0.1) is 12.3 Å². The van der Waals surface area contributed by atoms with Crippen LogP contribution in [0.2, 0.25) is 0 Å². The summed E-state index contributed by atoms with van der Waals surface area (Å²) in [4.78, 5) is 0. The van der Waals surface area contributed by atoms with Crippen molar-refractivity contribution in [3.8, 4) is 0 Å². The quantitative estimate of drug-likeness (QED) is 0.734. The van der Waals surface area contributed by atoms with Crippen molar-refractivity contribution in [2.24, 2.45) is 0 Å². The summed E-state index contributed by atoms with van der Waals surface area (Å²) < 4.78 is 4.94. The average molecular weight is 238 g/mol. The van der Waals surface area contributed by atoms with Crippen molar-refractivity contribution in [3.05, 3.63) is 17.8 Å². The molecule has 0 aliphatic rings. The van der Waals surface area contributed by atoms with Gasteiger partial charge in [0.2, 0.25) is 0 Å². The number of aromatic nitrogens is 2. The van der Waals surface area contributed by atoms with Gasteiger partial charge in [-0.2, -0.15) is 5.10 Å². The summed E-state index contributed by atoms with van der Waals surface area (Å²) in [5.74, 6) is 0.779. The van der Waals surface area contributed by atoms with Gasteiger partial charge in [0, 0.05) is 25.7 Å². The molecule has 0 aliphatic heterocycles. The molecular formula is C12H22N4O. The molecule has 1 rings (SSSR count). The standard InChI is InChI=1S/C12H22N4O/c1-12(2,3)14-9-10-5-6-11(16-15-10)13-7-8-17-4/h5-6,14H,7-9H2,1-4H3,(H,13,16). The third-order valence-corrected chi connectivity index (χ3v) is 2.13. The normalized spacial score (nSPS) is 11.5. The monoisotopic (exact) mass is 238 g/mol. The van der Waals surface area contributed by atoms with Gasteiger partial charge in [0.1, 0.15) is 5.82 Å².